The lowest BCUT2D eigenvalue weighted by Crippen LogP contribution is -2.35. The van der Waals surface area contributed by atoms with Crippen LogP contribution < -0.4 is 10.2 Å². The van der Waals surface area contributed by atoms with Gasteiger partial charge in [-0.25, -0.2) is 4.79 Å². The van der Waals surface area contributed by atoms with Gasteiger partial charge in [-0.05, 0) is 43.5 Å². The van der Waals surface area contributed by atoms with E-state index in [1.54, 1.807) is 19.1 Å². The third kappa shape index (κ3) is 6.39. The molecular formula is C21H28N2O3. The van der Waals surface area contributed by atoms with Gasteiger partial charge in [-0.1, -0.05) is 31.1 Å². The molecule has 5 nitrogen and oxygen atoms in total. The van der Waals surface area contributed by atoms with Crippen LogP contribution in [0, 0.1) is 0 Å². The molecule has 0 radical (unpaired) electrons. The van der Waals surface area contributed by atoms with Crippen LogP contribution in [0.1, 0.15) is 38.2 Å². The maximum absolute atomic E-state index is 11.8. The van der Waals surface area contributed by atoms with E-state index in [2.05, 4.69) is 28.9 Å². The number of carbonyl (C=O) groups excluding carboxylic acids is 2. The van der Waals surface area contributed by atoms with Crippen molar-refractivity contribution in [1.82, 2.24) is 5.32 Å². The van der Waals surface area contributed by atoms with Crippen LogP contribution in [0.5, 0.6) is 0 Å². The van der Waals surface area contributed by atoms with Crippen LogP contribution in [0.2, 0.25) is 0 Å². The van der Waals surface area contributed by atoms with Gasteiger partial charge in [0.2, 0.25) is 0 Å². The van der Waals surface area contributed by atoms with Gasteiger partial charge >= 0.3 is 5.97 Å². The number of amides is 1. The minimum absolute atomic E-state index is 0.339. The van der Waals surface area contributed by atoms with Gasteiger partial charge in [0.25, 0.3) is 5.91 Å². The minimum atomic E-state index is -0.836. The van der Waals surface area contributed by atoms with E-state index in [1.807, 2.05) is 12.1 Å². The Bertz CT molecular complexity index is 629. The lowest BCUT2D eigenvalue weighted by molar-refractivity contribution is -0.150. The molecule has 0 saturated carbocycles. The Labute approximate surface area is 155 Å². The fourth-order valence-electron chi connectivity index (χ4n) is 2.87. The molecule has 1 aromatic carbocycles. The SMILES string of the molecule is C=CCNC(=O)[C@H](C)OC(=O)/C=C/c1ccc(N2CCCCCC2)cc1. The largest absolute Gasteiger partial charge is 0.449 e. The van der Waals surface area contributed by atoms with Crippen LogP contribution in [-0.4, -0.2) is 37.6 Å². The highest BCUT2D eigenvalue weighted by Crippen LogP contribution is 2.20. The maximum atomic E-state index is 11.8. The topological polar surface area (TPSA) is 58.6 Å². The van der Waals surface area contributed by atoms with Crippen molar-refractivity contribution in [3.8, 4) is 0 Å². The van der Waals surface area contributed by atoms with Crippen LogP contribution in [0.15, 0.2) is 43.0 Å². The van der Waals surface area contributed by atoms with Gasteiger partial charge in [0.15, 0.2) is 6.10 Å². The number of rotatable bonds is 7. The summed E-state index contributed by atoms with van der Waals surface area (Å²) < 4.78 is 5.08. The molecule has 0 unspecified atom stereocenters. The van der Waals surface area contributed by atoms with E-state index in [0.29, 0.717) is 6.54 Å². The Morgan fingerprint density at radius 2 is 1.85 bits per heavy atom. The second-order valence-corrected chi connectivity index (χ2v) is 6.44. The number of esters is 1. The lowest BCUT2D eigenvalue weighted by Gasteiger charge is -2.22. The molecule has 0 spiro atoms. The van der Waals surface area contributed by atoms with E-state index in [4.69, 9.17) is 4.74 Å². The number of benzene rings is 1. The molecule has 2 rings (SSSR count). The van der Waals surface area contributed by atoms with Crippen molar-refractivity contribution in [2.24, 2.45) is 0 Å². The zero-order valence-corrected chi connectivity index (χ0v) is 15.4. The Kier molecular flexibility index (Phi) is 7.93. The molecule has 1 aromatic rings. The van der Waals surface area contributed by atoms with Crippen LogP contribution in [0.3, 0.4) is 0 Å². The Hall–Kier alpha value is -2.56. The van der Waals surface area contributed by atoms with E-state index in [9.17, 15) is 9.59 Å². The number of carbonyl (C=O) groups is 2. The first-order valence-electron chi connectivity index (χ1n) is 9.22. The summed E-state index contributed by atoms with van der Waals surface area (Å²) in [4.78, 5) is 25.9. The lowest BCUT2D eigenvalue weighted by atomic mass is 10.1. The molecule has 1 fully saturated rings. The van der Waals surface area contributed by atoms with E-state index in [0.717, 1.165) is 18.7 Å². The molecule has 1 amide bonds. The highest BCUT2D eigenvalue weighted by molar-refractivity contribution is 5.90. The summed E-state index contributed by atoms with van der Waals surface area (Å²) in [6.07, 6.45) is 8.88. The molecule has 1 N–H and O–H groups in total. The molecule has 0 bridgehead atoms. The summed E-state index contributed by atoms with van der Waals surface area (Å²) in [7, 11) is 0. The standard InChI is InChI=1S/C21H28N2O3/c1-3-14-22-21(25)17(2)26-20(24)13-10-18-8-11-19(12-9-18)23-15-6-4-5-7-16-23/h3,8-13,17H,1,4-7,14-16H2,2H3,(H,22,25)/b13-10+/t17-/m0/s1. The number of ether oxygens (including phenoxy) is 1. The summed E-state index contributed by atoms with van der Waals surface area (Å²) in [5.41, 5.74) is 2.14. The predicted octanol–water partition coefficient (Wildman–Crippen LogP) is 3.31. The molecule has 1 saturated heterocycles. The summed E-state index contributed by atoms with van der Waals surface area (Å²) in [6, 6.07) is 8.15. The normalized spacial score (nSPS) is 16.0. The number of hydrogen-bond donors (Lipinski definition) is 1. The quantitative estimate of drug-likeness (QED) is 0.463. The van der Waals surface area contributed by atoms with Crippen molar-refractivity contribution in [2.45, 2.75) is 38.7 Å². The average Bonchev–Trinajstić information content (AvgIpc) is 2.94. The molecule has 1 atom stereocenters. The second-order valence-electron chi connectivity index (χ2n) is 6.44. The Balaban J connectivity index is 1.86. The van der Waals surface area contributed by atoms with Crippen molar-refractivity contribution >= 4 is 23.6 Å². The van der Waals surface area contributed by atoms with Crippen LogP contribution in [0.4, 0.5) is 5.69 Å². The molecule has 1 heterocycles. The van der Waals surface area contributed by atoms with Crippen molar-refractivity contribution in [3.63, 3.8) is 0 Å². The van der Waals surface area contributed by atoms with Crippen molar-refractivity contribution in [2.75, 3.05) is 24.5 Å². The zero-order chi connectivity index (χ0) is 18.8. The number of hydrogen-bond acceptors (Lipinski definition) is 4. The second kappa shape index (κ2) is 10.4. The van der Waals surface area contributed by atoms with Gasteiger partial charge in [-0.2, -0.15) is 0 Å². The van der Waals surface area contributed by atoms with E-state index in [1.165, 1.54) is 37.4 Å². The highest BCUT2D eigenvalue weighted by Gasteiger charge is 2.15. The summed E-state index contributed by atoms with van der Waals surface area (Å²) in [5, 5.41) is 2.59. The third-order valence-corrected chi connectivity index (χ3v) is 4.36. The monoisotopic (exact) mass is 356 g/mol. The molecular weight excluding hydrogens is 328 g/mol. The first-order chi connectivity index (χ1) is 12.6. The van der Waals surface area contributed by atoms with E-state index in [-0.39, 0.29) is 5.91 Å². The zero-order valence-electron chi connectivity index (χ0n) is 15.4. The van der Waals surface area contributed by atoms with E-state index < -0.39 is 12.1 Å². The van der Waals surface area contributed by atoms with Gasteiger partial charge in [-0.15, -0.1) is 6.58 Å². The molecule has 5 heteroatoms. The first-order valence-corrected chi connectivity index (χ1v) is 9.22. The van der Waals surface area contributed by atoms with Gasteiger partial charge in [-0.3, -0.25) is 4.79 Å². The van der Waals surface area contributed by atoms with Crippen molar-refractivity contribution < 1.29 is 14.3 Å². The highest BCUT2D eigenvalue weighted by atomic mass is 16.5. The van der Waals surface area contributed by atoms with Gasteiger partial charge in [0.05, 0.1) is 0 Å². The Morgan fingerprint density at radius 3 is 2.46 bits per heavy atom. The molecule has 0 aliphatic carbocycles. The number of nitrogens with one attached hydrogen (secondary N) is 1. The summed E-state index contributed by atoms with van der Waals surface area (Å²) >= 11 is 0. The fraction of sp³-hybridized carbons (Fsp3) is 0.429. The first kappa shape index (κ1) is 19.8. The molecule has 1 aliphatic rings. The Morgan fingerprint density at radius 1 is 1.19 bits per heavy atom. The van der Waals surface area contributed by atoms with Crippen LogP contribution in [0.25, 0.3) is 6.08 Å². The van der Waals surface area contributed by atoms with Crippen LogP contribution in [-0.2, 0) is 14.3 Å². The molecule has 0 aromatic heterocycles. The molecule has 1 aliphatic heterocycles. The molecule has 140 valence electrons. The van der Waals surface area contributed by atoms with Gasteiger partial charge in [0, 0.05) is 31.4 Å². The van der Waals surface area contributed by atoms with Gasteiger partial charge < -0.3 is 15.0 Å². The number of nitrogens with zero attached hydrogens (tertiary/aromatic N) is 1. The van der Waals surface area contributed by atoms with E-state index >= 15 is 0 Å². The van der Waals surface area contributed by atoms with Gasteiger partial charge in [0.1, 0.15) is 0 Å². The minimum Gasteiger partial charge on any atom is -0.449 e. The summed E-state index contributed by atoms with van der Waals surface area (Å²) in [5.74, 6) is -0.878. The van der Waals surface area contributed by atoms with Crippen molar-refractivity contribution in [1.29, 1.82) is 0 Å². The number of anilines is 1. The summed E-state index contributed by atoms with van der Waals surface area (Å²) in [6.45, 7) is 7.62. The van der Waals surface area contributed by atoms with Crippen molar-refractivity contribution in [3.05, 3.63) is 48.6 Å². The fourth-order valence-corrected chi connectivity index (χ4v) is 2.87. The smallest absolute Gasteiger partial charge is 0.331 e. The maximum Gasteiger partial charge on any atom is 0.331 e. The molecule has 26 heavy (non-hydrogen) atoms. The van der Waals surface area contributed by atoms with Crippen LogP contribution >= 0.6 is 0 Å². The predicted molar refractivity (Wildman–Crippen MR) is 105 cm³/mol. The average molecular weight is 356 g/mol. The third-order valence-electron chi connectivity index (χ3n) is 4.36.